The van der Waals surface area contributed by atoms with E-state index in [4.69, 9.17) is 0 Å². The van der Waals surface area contributed by atoms with Gasteiger partial charge in [0.15, 0.2) is 0 Å². The molecule has 112 valence electrons. The Labute approximate surface area is 128 Å². The Morgan fingerprint density at radius 1 is 1.30 bits per heavy atom. The number of phenolic OH excluding ortho intramolecular Hbond substituents is 1. The molecule has 0 aromatic heterocycles. The number of rotatable bonds is 6. The maximum absolute atomic E-state index is 9.73. The molecule has 0 spiro atoms. The van der Waals surface area contributed by atoms with Crippen LogP contribution in [0.1, 0.15) is 24.8 Å². The summed E-state index contributed by atoms with van der Waals surface area (Å²) >= 11 is 3.41. The molecule has 1 saturated heterocycles. The molecule has 1 fully saturated rings. The van der Waals surface area contributed by atoms with E-state index in [0.717, 1.165) is 55.5 Å². The minimum absolute atomic E-state index is 0.0936. The summed E-state index contributed by atoms with van der Waals surface area (Å²) in [6.07, 6.45) is 2.80. The van der Waals surface area contributed by atoms with Crippen molar-refractivity contribution in [2.75, 3.05) is 26.2 Å². The molecule has 0 saturated carbocycles. The van der Waals surface area contributed by atoms with Crippen LogP contribution in [-0.2, 0) is 6.54 Å². The van der Waals surface area contributed by atoms with Crippen LogP contribution in [0.15, 0.2) is 22.7 Å². The van der Waals surface area contributed by atoms with Gasteiger partial charge in [-0.2, -0.15) is 0 Å². The predicted octanol–water partition coefficient (Wildman–Crippen LogP) is 2.09. The fourth-order valence-electron chi connectivity index (χ4n) is 2.49. The fourth-order valence-corrected chi connectivity index (χ4v) is 2.90. The van der Waals surface area contributed by atoms with E-state index in [1.165, 1.54) is 0 Å². The normalized spacial score (nSPS) is 17.5. The third kappa shape index (κ3) is 5.05. The molecule has 20 heavy (non-hydrogen) atoms. The molecule has 0 bridgehead atoms. The molecule has 1 aromatic carbocycles. The van der Waals surface area contributed by atoms with Crippen LogP contribution < -0.4 is 5.32 Å². The molecule has 0 atom stereocenters. The Kier molecular flexibility index (Phi) is 6.29. The van der Waals surface area contributed by atoms with Gasteiger partial charge in [0.25, 0.3) is 0 Å². The number of benzene rings is 1. The largest absolute Gasteiger partial charge is 0.508 e. The van der Waals surface area contributed by atoms with Crippen molar-refractivity contribution in [2.24, 2.45) is 0 Å². The minimum Gasteiger partial charge on any atom is -0.508 e. The molecular formula is C15H23BrN2O2. The zero-order valence-electron chi connectivity index (χ0n) is 11.7. The average Bonchev–Trinajstić information content (AvgIpc) is 2.44. The number of halogens is 1. The number of nitrogens with one attached hydrogen (secondary N) is 1. The highest BCUT2D eigenvalue weighted by Crippen LogP contribution is 2.21. The van der Waals surface area contributed by atoms with Crippen LogP contribution >= 0.6 is 15.9 Å². The van der Waals surface area contributed by atoms with Gasteiger partial charge in [-0.25, -0.2) is 0 Å². The highest BCUT2D eigenvalue weighted by Gasteiger charge is 2.15. The third-order valence-corrected chi connectivity index (χ3v) is 4.24. The van der Waals surface area contributed by atoms with Crippen LogP contribution in [0.5, 0.6) is 5.75 Å². The molecule has 3 N–H and O–H groups in total. The first kappa shape index (κ1) is 15.8. The van der Waals surface area contributed by atoms with Crippen molar-refractivity contribution in [3.63, 3.8) is 0 Å². The Bertz CT molecular complexity index is 420. The number of hydrogen-bond acceptors (Lipinski definition) is 4. The zero-order chi connectivity index (χ0) is 14.4. The number of aliphatic hydroxyl groups excluding tert-OH is 1. The van der Waals surface area contributed by atoms with Crippen molar-refractivity contribution in [3.8, 4) is 5.75 Å². The van der Waals surface area contributed by atoms with Gasteiger partial charge >= 0.3 is 0 Å². The SMILES string of the molecule is Oc1ccc(Br)cc1CNCCCN1CCC(O)CC1. The van der Waals surface area contributed by atoms with Crippen LogP contribution in [0.3, 0.4) is 0 Å². The van der Waals surface area contributed by atoms with Gasteiger partial charge in [-0.1, -0.05) is 15.9 Å². The lowest BCUT2D eigenvalue weighted by Crippen LogP contribution is -2.37. The first-order chi connectivity index (χ1) is 9.65. The smallest absolute Gasteiger partial charge is 0.120 e. The molecule has 1 aliphatic heterocycles. The third-order valence-electron chi connectivity index (χ3n) is 3.74. The number of aliphatic hydroxyl groups is 1. The lowest BCUT2D eigenvalue weighted by Gasteiger charge is -2.29. The van der Waals surface area contributed by atoms with E-state index in [1.54, 1.807) is 6.07 Å². The molecule has 0 unspecified atom stereocenters. The molecule has 4 nitrogen and oxygen atoms in total. The average molecular weight is 343 g/mol. The summed E-state index contributed by atoms with van der Waals surface area (Å²) < 4.78 is 0.985. The van der Waals surface area contributed by atoms with Crippen LogP contribution in [0.25, 0.3) is 0 Å². The number of nitrogens with zero attached hydrogens (tertiary/aromatic N) is 1. The topological polar surface area (TPSA) is 55.7 Å². The maximum atomic E-state index is 9.73. The van der Waals surface area contributed by atoms with Crippen molar-refractivity contribution in [2.45, 2.75) is 31.9 Å². The fraction of sp³-hybridized carbons (Fsp3) is 0.600. The van der Waals surface area contributed by atoms with Gasteiger partial charge in [0.2, 0.25) is 0 Å². The lowest BCUT2D eigenvalue weighted by molar-refractivity contribution is 0.0821. The van der Waals surface area contributed by atoms with Gasteiger partial charge in [0, 0.05) is 29.7 Å². The van der Waals surface area contributed by atoms with Gasteiger partial charge in [-0.3, -0.25) is 0 Å². The number of piperidine rings is 1. The zero-order valence-corrected chi connectivity index (χ0v) is 13.3. The second-order valence-electron chi connectivity index (χ2n) is 5.38. The number of hydrogen-bond donors (Lipinski definition) is 3. The molecular weight excluding hydrogens is 320 g/mol. The summed E-state index contributed by atoms with van der Waals surface area (Å²) in [6, 6.07) is 5.48. The summed E-state index contributed by atoms with van der Waals surface area (Å²) in [5.74, 6) is 0.339. The quantitative estimate of drug-likeness (QED) is 0.693. The summed E-state index contributed by atoms with van der Waals surface area (Å²) in [6.45, 7) is 4.71. The summed E-state index contributed by atoms with van der Waals surface area (Å²) in [5, 5.41) is 22.5. The first-order valence-electron chi connectivity index (χ1n) is 7.23. The highest BCUT2D eigenvalue weighted by atomic mass is 79.9. The Hall–Kier alpha value is -0.620. The molecule has 0 radical (unpaired) electrons. The standard InChI is InChI=1S/C15H23BrN2O2/c16-13-2-3-15(20)12(10-13)11-17-6-1-7-18-8-4-14(19)5-9-18/h2-3,10,14,17,19-20H,1,4-9,11H2. The Morgan fingerprint density at radius 3 is 2.80 bits per heavy atom. The maximum Gasteiger partial charge on any atom is 0.120 e. The van der Waals surface area contributed by atoms with E-state index in [0.29, 0.717) is 12.3 Å². The number of likely N-dealkylation sites (tertiary alicyclic amines) is 1. The van der Waals surface area contributed by atoms with Gasteiger partial charge in [0.1, 0.15) is 5.75 Å². The highest BCUT2D eigenvalue weighted by molar-refractivity contribution is 9.10. The van der Waals surface area contributed by atoms with Crippen molar-refractivity contribution < 1.29 is 10.2 Å². The van der Waals surface area contributed by atoms with E-state index in [-0.39, 0.29) is 6.10 Å². The molecule has 1 aliphatic rings. The van der Waals surface area contributed by atoms with Gasteiger partial charge in [-0.15, -0.1) is 0 Å². The van der Waals surface area contributed by atoms with Crippen molar-refractivity contribution in [3.05, 3.63) is 28.2 Å². The van der Waals surface area contributed by atoms with E-state index >= 15 is 0 Å². The van der Waals surface area contributed by atoms with Gasteiger partial charge < -0.3 is 20.4 Å². The summed E-state index contributed by atoms with van der Waals surface area (Å²) in [7, 11) is 0. The van der Waals surface area contributed by atoms with E-state index < -0.39 is 0 Å². The Morgan fingerprint density at radius 2 is 2.05 bits per heavy atom. The molecule has 1 aromatic rings. The minimum atomic E-state index is -0.0936. The first-order valence-corrected chi connectivity index (χ1v) is 8.03. The van der Waals surface area contributed by atoms with E-state index in [9.17, 15) is 10.2 Å². The van der Waals surface area contributed by atoms with Crippen molar-refractivity contribution in [1.82, 2.24) is 10.2 Å². The van der Waals surface area contributed by atoms with Crippen molar-refractivity contribution in [1.29, 1.82) is 0 Å². The van der Waals surface area contributed by atoms with Crippen LogP contribution in [0, 0.1) is 0 Å². The Balaban J connectivity index is 1.61. The second-order valence-corrected chi connectivity index (χ2v) is 6.29. The van der Waals surface area contributed by atoms with Crippen LogP contribution in [-0.4, -0.2) is 47.4 Å². The summed E-state index contributed by atoms with van der Waals surface area (Å²) in [4.78, 5) is 2.41. The second kappa shape index (κ2) is 7.98. The molecule has 2 rings (SSSR count). The van der Waals surface area contributed by atoms with Crippen LogP contribution in [0.4, 0.5) is 0 Å². The predicted molar refractivity (Wildman–Crippen MR) is 83.8 cm³/mol. The van der Waals surface area contributed by atoms with E-state index in [1.807, 2.05) is 12.1 Å². The molecule has 0 amide bonds. The van der Waals surface area contributed by atoms with Gasteiger partial charge in [-0.05, 0) is 50.6 Å². The molecule has 5 heteroatoms. The summed E-state index contributed by atoms with van der Waals surface area (Å²) in [5.41, 5.74) is 0.917. The van der Waals surface area contributed by atoms with Gasteiger partial charge in [0.05, 0.1) is 6.10 Å². The van der Waals surface area contributed by atoms with Crippen LogP contribution in [0.2, 0.25) is 0 Å². The lowest BCUT2D eigenvalue weighted by atomic mass is 10.1. The number of aromatic hydroxyl groups is 1. The molecule has 1 heterocycles. The molecule has 0 aliphatic carbocycles. The van der Waals surface area contributed by atoms with E-state index in [2.05, 4.69) is 26.1 Å². The van der Waals surface area contributed by atoms with Crippen molar-refractivity contribution >= 4 is 15.9 Å². The number of phenols is 1. The monoisotopic (exact) mass is 342 g/mol.